The molecule has 0 saturated carbocycles. The zero-order valence-electron chi connectivity index (χ0n) is 8.26. The van der Waals surface area contributed by atoms with Gasteiger partial charge >= 0.3 is 0 Å². The first-order valence-electron chi connectivity index (χ1n) is 4.60. The number of hydrogen-bond acceptors (Lipinski definition) is 3. The molecule has 1 atom stereocenters. The van der Waals surface area contributed by atoms with Crippen LogP contribution in [0.25, 0.3) is 5.69 Å². The zero-order valence-corrected chi connectivity index (χ0v) is 8.26. The average molecular weight is 206 g/mol. The summed E-state index contributed by atoms with van der Waals surface area (Å²) in [6.07, 6.45) is 1.52. The van der Waals surface area contributed by atoms with Gasteiger partial charge in [0.15, 0.2) is 5.82 Å². The third kappa shape index (κ3) is 2.02. The Morgan fingerprint density at radius 3 is 2.87 bits per heavy atom. The Hall–Kier alpha value is -1.75. The molecule has 1 aromatic heterocycles. The van der Waals surface area contributed by atoms with Gasteiger partial charge < -0.3 is 5.73 Å². The summed E-state index contributed by atoms with van der Waals surface area (Å²) in [5.41, 5.74) is 6.26. The first-order valence-corrected chi connectivity index (χ1v) is 4.60. The minimum atomic E-state index is -0.301. The Morgan fingerprint density at radius 2 is 2.27 bits per heavy atom. The van der Waals surface area contributed by atoms with Crippen molar-refractivity contribution in [3.63, 3.8) is 0 Å². The lowest BCUT2D eigenvalue weighted by atomic mass is 10.3. The normalized spacial score (nSPS) is 12.7. The minimum Gasteiger partial charge on any atom is -0.321 e. The molecule has 2 rings (SSSR count). The minimum absolute atomic E-state index is 0.222. The lowest BCUT2D eigenvalue weighted by Crippen LogP contribution is -2.07. The van der Waals surface area contributed by atoms with Gasteiger partial charge in [-0.1, -0.05) is 6.07 Å². The van der Waals surface area contributed by atoms with E-state index in [1.165, 1.54) is 23.1 Å². The summed E-state index contributed by atoms with van der Waals surface area (Å²) >= 11 is 0. The second kappa shape index (κ2) is 3.78. The second-order valence-corrected chi connectivity index (χ2v) is 3.32. The molecule has 0 saturated heterocycles. The molecule has 78 valence electrons. The van der Waals surface area contributed by atoms with E-state index in [9.17, 15) is 4.39 Å². The molecule has 2 aromatic rings. The predicted octanol–water partition coefficient (Wildman–Crippen LogP) is 1.43. The zero-order chi connectivity index (χ0) is 10.8. The van der Waals surface area contributed by atoms with Gasteiger partial charge in [-0.25, -0.2) is 14.1 Å². The molecule has 0 aliphatic rings. The highest BCUT2D eigenvalue weighted by atomic mass is 19.1. The molecule has 0 aliphatic heterocycles. The summed E-state index contributed by atoms with van der Waals surface area (Å²) in [7, 11) is 0. The molecule has 0 bridgehead atoms. The Morgan fingerprint density at radius 1 is 1.47 bits per heavy atom. The molecule has 2 N–H and O–H groups in total. The Kier molecular flexibility index (Phi) is 2.47. The first kappa shape index (κ1) is 9.79. The van der Waals surface area contributed by atoms with Crippen LogP contribution in [-0.2, 0) is 0 Å². The van der Waals surface area contributed by atoms with Gasteiger partial charge in [-0.3, -0.25) is 0 Å². The monoisotopic (exact) mass is 206 g/mol. The maximum atomic E-state index is 12.9. The highest BCUT2D eigenvalue weighted by molar-refractivity contribution is 5.30. The molecule has 4 nitrogen and oxygen atoms in total. The van der Waals surface area contributed by atoms with Crippen LogP contribution in [0, 0.1) is 5.82 Å². The highest BCUT2D eigenvalue weighted by Crippen LogP contribution is 2.09. The number of nitrogens with two attached hydrogens (primary N) is 1. The number of hydrogen-bond donors (Lipinski definition) is 1. The van der Waals surface area contributed by atoms with Gasteiger partial charge in [0.1, 0.15) is 12.1 Å². The average Bonchev–Trinajstić information content (AvgIpc) is 2.66. The van der Waals surface area contributed by atoms with E-state index in [1.54, 1.807) is 19.1 Å². The fourth-order valence-electron chi connectivity index (χ4n) is 1.23. The van der Waals surface area contributed by atoms with Crippen LogP contribution in [0.4, 0.5) is 4.39 Å². The van der Waals surface area contributed by atoms with Crippen molar-refractivity contribution in [1.29, 1.82) is 0 Å². The van der Waals surface area contributed by atoms with E-state index in [2.05, 4.69) is 10.1 Å². The van der Waals surface area contributed by atoms with Gasteiger partial charge in [0.25, 0.3) is 0 Å². The van der Waals surface area contributed by atoms with Gasteiger partial charge in [-0.15, -0.1) is 5.10 Å². The highest BCUT2D eigenvalue weighted by Gasteiger charge is 2.06. The standard InChI is InChI=1S/C10H11FN4/c1-7(12)10-13-6-15(14-10)9-4-2-3-8(11)5-9/h2-7H,12H2,1H3. The lowest BCUT2D eigenvalue weighted by molar-refractivity contribution is 0.625. The van der Waals surface area contributed by atoms with Crippen molar-refractivity contribution in [1.82, 2.24) is 14.8 Å². The molecule has 0 aliphatic carbocycles. The van der Waals surface area contributed by atoms with Crippen molar-refractivity contribution in [2.45, 2.75) is 13.0 Å². The van der Waals surface area contributed by atoms with Crippen LogP contribution in [0.2, 0.25) is 0 Å². The van der Waals surface area contributed by atoms with E-state index >= 15 is 0 Å². The summed E-state index contributed by atoms with van der Waals surface area (Å²) in [5.74, 6) is 0.240. The number of aromatic nitrogens is 3. The van der Waals surface area contributed by atoms with Gasteiger partial charge in [0, 0.05) is 0 Å². The van der Waals surface area contributed by atoms with Crippen molar-refractivity contribution in [3.8, 4) is 5.69 Å². The van der Waals surface area contributed by atoms with Crippen LogP contribution in [-0.4, -0.2) is 14.8 Å². The molecule has 1 aromatic carbocycles. The largest absolute Gasteiger partial charge is 0.321 e. The molecule has 1 heterocycles. The number of halogens is 1. The van der Waals surface area contributed by atoms with E-state index < -0.39 is 0 Å². The van der Waals surface area contributed by atoms with Crippen LogP contribution < -0.4 is 5.73 Å². The van der Waals surface area contributed by atoms with Crippen LogP contribution in [0.5, 0.6) is 0 Å². The van der Waals surface area contributed by atoms with Crippen LogP contribution in [0.1, 0.15) is 18.8 Å². The van der Waals surface area contributed by atoms with Crippen molar-refractivity contribution in [2.24, 2.45) is 5.73 Å². The van der Waals surface area contributed by atoms with Crippen LogP contribution in [0.15, 0.2) is 30.6 Å². The lowest BCUT2D eigenvalue weighted by Gasteiger charge is -2.00. The Balaban J connectivity index is 2.37. The third-order valence-electron chi connectivity index (χ3n) is 1.99. The van der Waals surface area contributed by atoms with Crippen LogP contribution >= 0.6 is 0 Å². The van der Waals surface area contributed by atoms with Gasteiger partial charge in [-0.05, 0) is 25.1 Å². The van der Waals surface area contributed by atoms with Crippen molar-refractivity contribution in [3.05, 3.63) is 42.2 Å². The smallest absolute Gasteiger partial charge is 0.167 e. The van der Waals surface area contributed by atoms with E-state index in [0.29, 0.717) is 11.5 Å². The molecular weight excluding hydrogens is 195 g/mol. The summed E-state index contributed by atoms with van der Waals surface area (Å²) in [5, 5.41) is 4.14. The third-order valence-corrected chi connectivity index (χ3v) is 1.99. The summed E-state index contributed by atoms with van der Waals surface area (Å²) in [6, 6.07) is 5.92. The molecule has 1 unspecified atom stereocenters. The van der Waals surface area contributed by atoms with Crippen LogP contribution in [0.3, 0.4) is 0 Å². The topological polar surface area (TPSA) is 56.7 Å². The van der Waals surface area contributed by atoms with Gasteiger partial charge in [0.05, 0.1) is 11.7 Å². The molecule has 0 spiro atoms. The fraction of sp³-hybridized carbons (Fsp3) is 0.200. The maximum absolute atomic E-state index is 12.9. The maximum Gasteiger partial charge on any atom is 0.167 e. The quantitative estimate of drug-likeness (QED) is 0.808. The Bertz CT molecular complexity index is 464. The van der Waals surface area contributed by atoms with E-state index in [1.807, 2.05) is 0 Å². The summed E-state index contributed by atoms with van der Waals surface area (Å²) in [4.78, 5) is 4.03. The van der Waals surface area contributed by atoms with Crippen molar-refractivity contribution in [2.75, 3.05) is 0 Å². The molecule has 5 heteroatoms. The fourth-order valence-corrected chi connectivity index (χ4v) is 1.23. The first-order chi connectivity index (χ1) is 7.16. The Labute approximate surface area is 86.6 Å². The van der Waals surface area contributed by atoms with E-state index in [4.69, 9.17) is 5.73 Å². The number of rotatable bonds is 2. The molecular formula is C10H11FN4. The van der Waals surface area contributed by atoms with Gasteiger partial charge in [0.2, 0.25) is 0 Å². The van der Waals surface area contributed by atoms with Gasteiger partial charge in [-0.2, -0.15) is 0 Å². The summed E-state index contributed by atoms with van der Waals surface area (Å²) in [6.45, 7) is 1.80. The second-order valence-electron chi connectivity index (χ2n) is 3.32. The molecule has 15 heavy (non-hydrogen) atoms. The molecule has 0 radical (unpaired) electrons. The molecule has 0 fully saturated rings. The number of benzene rings is 1. The predicted molar refractivity (Wildman–Crippen MR) is 53.9 cm³/mol. The van der Waals surface area contributed by atoms with E-state index in [-0.39, 0.29) is 11.9 Å². The van der Waals surface area contributed by atoms with Crippen molar-refractivity contribution < 1.29 is 4.39 Å². The summed E-state index contributed by atoms with van der Waals surface area (Å²) < 4.78 is 14.4. The molecule has 0 amide bonds. The SMILES string of the molecule is CC(N)c1ncn(-c2cccc(F)c2)n1. The van der Waals surface area contributed by atoms with Crippen molar-refractivity contribution >= 4 is 0 Å². The van der Waals surface area contributed by atoms with E-state index in [0.717, 1.165) is 0 Å². The number of nitrogens with zero attached hydrogens (tertiary/aromatic N) is 3.